The molecule has 0 unspecified atom stereocenters. The monoisotopic (exact) mass is 554 g/mol. The highest BCUT2D eigenvalue weighted by atomic mass is 32.2. The number of amides is 1. The Balaban J connectivity index is 1.12. The number of piperidine rings is 1. The van der Waals surface area contributed by atoms with Crippen molar-refractivity contribution >= 4 is 27.4 Å². The van der Waals surface area contributed by atoms with Crippen molar-refractivity contribution in [1.82, 2.24) is 14.1 Å². The first-order chi connectivity index (χ1) is 18.6. The number of sulfonamides is 1. The lowest BCUT2D eigenvalue weighted by Gasteiger charge is -2.32. The number of hydrogen-bond acceptors (Lipinski definition) is 5. The van der Waals surface area contributed by atoms with Gasteiger partial charge in [0.15, 0.2) is 0 Å². The second-order valence-electron chi connectivity index (χ2n) is 12.1. The van der Waals surface area contributed by atoms with Crippen LogP contribution in [0.5, 0.6) is 0 Å². The molecule has 1 aromatic carbocycles. The number of ketones is 1. The number of Topliss-reactive ketones (excluding diaryl/α,β-unsaturated/α-hetero) is 1. The van der Waals surface area contributed by atoms with E-state index in [1.807, 2.05) is 22.8 Å². The number of carbonyl (C=O) groups excluding carboxylic acids is 2. The van der Waals surface area contributed by atoms with Crippen molar-refractivity contribution in [2.45, 2.75) is 77.7 Å². The molecule has 1 aliphatic carbocycles. The predicted octanol–water partition coefficient (Wildman–Crippen LogP) is 4.38. The number of nitrogens with zero attached hydrogens (tertiary/aromatic N) is 4. The number of fused-ring (bicyclic) bond motifs is 2. The van der Waals surface area contributed by atoms with Crippen LogP contribution in [0.2, 0.25) is 0 Å². The topological polar surface area (TPSA) is 92.6 Å². The van der Waals surface area contributed by atoms with E-state index in [1.54, 1.807) is 0 Å². The first-order valence-corrected chi connectivity index (χ1v) is 16.3. The summed E-state index contributed by atoms with van der Waals surface area (Å²) in [4.78, 5) is 28.5. The molecule has 1 amide bonds. The van der Waals surface area contributed by atoms with Gasteiger partial charge in [-0.15, -0.1) is 0 Å². The van der Waals surface area contributed by atoms with Crippen molar-refractivity contribution in [3.05, 3.63) is 46.8 Å². The molecule has 2 fully saturated rings. The van der Waals surface area contributed by atoms with Crippen molar-refractivity contribution < 1.29 is 18.0 Å². The van der Waals surface area contributed by atoms with E-state index in [2.05, 4.69) is 30.2 Å². The molecular weight excluding hydrogens is 512 g/mol. The number of benzene rings is 1. The minimum Gasteiger partial charge on any atom is -0.307 e. The molecule has 0 bridgehead atoms. The molecule has 5 rings (SSSR count). The van der Waals surface area contributed by atoms with E-state index in [0.29, 0.717) is 50.1 Å². The fourth-order valence-corrected chi connectivity index (χ4v) is 7.65. The number of hydrogen-bond donors (Lipinski definition) is 0. The zero-order valence-corrected chi connectivity index (χ0v) is 24.4. The zero-order chi connectivity index (χ0) is 27.7. The van der Waals surface area contributed by atoms with Gasteiger partial charge < -0.3 is 4.90 Å². The SMILES string of the molecule is Cc1ccc2c(c1)Cc1c(cnn1C)CN2C(=O)C1CCC(CCC(=O)CC2CCN(S(C)(=O)=O)CC2)CC1. The highest BCUT2D eigenvalue weighted by Gasteiger charge is 2.33. The number of aryl methyl sites for hydroxylation is 2. The first kappa shape index (κ1) is 28.0. The van der Waals surface area contributed by atoms with Crippen LogP contribution in [0.4, 0.5) is 5.69 Å². The maximum absolute atomic E-state index is 13.9. The molecule has 2 aromatic rings. The van der Waals surface area contributed by atoms with Crippen LogP contribution >= 0.6 is 0 Å². The van der Waals surface area contributed by atoms with E-state index in [1.165, 1.54) is 27.4 Å². The average molecular weight is 555 g/mol. The Kier molecular flexibility index (Phi) is 8.29. The summed E-state index contributed by atoms with van der Waals surface area (Å²) in [7, 11) is -1.16. The van der Waals surface area contributed by atoms with Gasteiger partial charge in [-0.2, -0.15) is 5.10 Å². The van der Waals surface area contributed by atoms with Crippen LogP contribution in [0.3, 0.4) is 0 Å². The third-order valence-corrected chi connectivity index (χ3v) is 10.5. The molecule has 0 spiro atoms. The molecule has 39 heavy (non-hydrogen) atoms. The van der Waals surface area contributed by atoms with E-state index in [4.69, 9.17) is 0 Å². The van der Waals surface area contributed by atoms with Gasteiger partial charge in [-0.1, -0.05) is 17.7 Å². The molecule has 3 heterocycles. The lowest BCUT2D eigenvalue weighted by atomic mass is 9.78. The molecule has 1 aromatic heterocycles. The molecule has 2 aliphatic heterocycles. The number of anilines is 1. The van der Waals surface area contributed by atoms with Gasteiger partial charge in [0.2, 0.25) is 15.9 Å². The van der Waals surface area contributed by atoms with Crippen molar-refractivity contribution in [2.75, 3.05) is 24.2 Å². The highest BCUT2D eigenvalue weighted by molar-refractivity contribution is 7.88. The molecule has 3 aliphatic rings. The fraction of sp³-hybridized carbons (Fsp3) is 0.633. The Labute approximate surface area is 232 Å². The van der Waals surface area contributed by atoms with Crippen molar-refractivity contribution in [2.24, 2.45) is 24.8 Å². The van der Waals surface area contributed by atoms with Gasteiger partial charge in [0, 0.05) is 62.3 Å². The van der Waals surface area contributed by atoms with Crippen LogP contribution in [-0.2, 0) is 39.6 Å². The predicted molar refractivity (Wildman–Crippen MR) is 152 cm³/mol. The van der Waals surface area contributed by atoms with E-state index in [-0.39, 0.29) is 11.8 Å². The number of carbonyl (C=O) groups is 2. The van der Waals surface area contributed by atoms with E-state index in [0.717, 1.165) is 62.6 Å². The first-order valence-electron chi connectivity index (χ1n) is 14.5. The van der Waals surface area contributed by atoms with Gasteiger partial charge >= 0.3 is 0 Å². The lowest BCUT2D eigenvalue weighted by Crippen LogP contribution is -2.38. The summed E-state index contributed by atoms with van der Waals surface area (Å²) in [5.74, 6) is 1.32. The highest BCUT2D eigenvalue weighted by Crippen LogP contribution is 2.37. The summed E-state index contributed by atoms with van der Waals surface area (Å²) in [5, 5.41) is 4.46. The van der Waals surface area contributed by atoms with Crippen LogP contribution in [-0.4, -0.2) is 53.5 Å². The molecule has 0 radical (unpaired) electrons. The molecule has 0 N–H and O–H groups in total. The van der Waals surface area contributed by atoms with E-state index < -0.39 is 10.0 Å². The minimum atomic E-state index is -3.13. The van der Waals surface area contributed by atoms with Crippen molar-refractivity contribution in [3.8, 4) is 0 Å². The third kappa shape index (κ3) is 6.46. The Morgan fingerprint density at radius 1 is 1.00 bits per heavy atom. The summed E-state index contributed by atoms with van der Waals surface area (Å²) in [6.45, 7) is 3.71. The summed E-state index contributed by atoms with van der Waals surface area (Å²) in [6.07, 6.45) is 11.3. The third-order valence-electron chi connectivity index (χ3n) is 9.21. The maximum Gasteiger partial charge on any atom is 0.230 e. The van der Waals surface area contributed by atoms with Crippen LogP contribution < -0.4 is 4.90 Å². The van der Waals surface area contributed by atoms with Gasteiger partial charge in [-0.05, 0) is 75.3 Å². The standard InChI is InChI=1S/C30H42N4O4S/c1-21-4-11-28-25(16-21)18-29-26(19-31-32(29)2)20-34(28)30(36)24-8-5-22(6-9-24)7-10-27(35)17-23-12-14-33(15-13-23)39(3,37)38/h4,11,16,19,22-24H,5-10,12-15,17-18,20H2,1-3H3. The quantitative estimate of drug-likeness (QED) is 0.506. The Bertz CT molecular complexity index is 1320. The molecule has 1 saturated carbocycles. The van der Waals surface area contributed by atoms with Gasteiger partial charge in [0.05, 0.1) is 19.0 Å². The summed E-state index contributed by atoms with van der Waals surface area (Å²) in [5.41, 5.74) is 5.69. The van der Waals surface area contributed by atoms with Gasteiger partial charge in [-0.3, -0.25) is 14.3 Å². The van der Waals surface area contributed by atoms with Gasteiger partial charge in [0.1, 0.15) is 5.78 Å². The summed E-state index contributed by atoms with van der Waals surface area (Å²) < 4.78 is 26.9. The van der Waals surface area contributed by atoms with Crippen LogP contribution in [0, 0.1) is 24.7 Å². The van der Waals surface area contributed by atoms with Crippen molar-refractivity contribution in [3.63, 3.8) is 0 Å². The van der Waals surface area contributed by atoms with Crippen LogP contribution in [0.15, 0.2) is 24.4 Å². The van der Waals surface area contributed by atoms with Crippen LogP contribution in [0.1, 0.15) is 80.2 Å². The molecule has 0 atom stereocenters. The average Bonchev–Trinajstić information content (AvgIpc) is 3.15. The lowest BCUT2D eigenvalue weighted by molar-refractivity contribution is -0.124. The van der Waals surface area contributed by atoms with E-state index >= 15 is 0 Å². The molecule has 8 nitrogen and oxygen atoms in total. The van der Waals surface area contributed by atoms with E-state index in [9.17, 15) is 18.0 Å². The smallest absolute Gasteiger partial charge is 0.230 e. The molecular formula is C30H42N4O4S. The van der Waals surface area contributed by atoms with Gasteiger partial charge in [0.25, 0.3) is 0 Å². The summed E-state index contributed by atoms with van der Waals surface area (Å²) in [6, 6.07) is 6.39. The Hall–Kier alpha value is -2.52. The van der Waals surface area contributed by atoms with Gasteiger partial charge in [-0.25, -0.2) is 12.7 Å². The largest absolute Gasteiger partial charge is 0.307 e. The molecule has 1 saturated heterocycles. The second kappa shape index (κ2) is 11.5. The maximum atomic E-state index is 13.9. The number of aromatic nitrogens is 2. The summed E-state index contributed by atoms with van der Waals surface area (Å²) >= 11 is 0. The van der Waals surface area contributed by atoms with Crippen LogP contribution in [0.25, 0.3) is 0 Å². The Morgan fingerprint density at radius 2 is 1.72 bits per heavy atom. The Morgan fingerprint density at radius 3 is 2.41 bits per heavy atom. The molecule has 212 valence electrons. The minimum absolute atomic E-state index is 0.0179. The number of rotatable bonds is 7. The second-order valence-corrected chi connectivity index (χ2v) is 14.1. The normalized spacial score (nSPS) is 22.7. The van der Waals surface area contributed by atoms with Crippen molar-refractivity contribution in [1.29, 1.82) is 0 Å². The fourth-order valence-electron chi connectivity index (χ4n) is 6.77. The zero-order valence-electron chi connectivity index (χ0n) is 23.6. The molecule has 9 heteroatoms.